The smallest absolute Gasteiger partial charge is 0.256 e. The summed E-state index contributed by atoms with van der Waals surface area (Å²) in [5.41, 5.74) is 2.70. The van der Waals surface area contributed by atoms with Crippen molar-refractivity contribution in [3.63, 3.8) is 0 Å². The zero-order valence-electron chi connectivity index (χ0n) is 18.2. The molecule has 2 fully saturated rings. The van der Waals surface area contributed by atoms with Crippen LogP contribution >= 0.6 is 0 Å². The maximum atomic E-state index is 13.5. The SMILES string of the molecule is O=C1Nc2ccc(-c3ccc4c(c3)OCO4)cc2C(=O)N2CCN(C(=O)C3CCCC3)CC12. The Morgan fingerprint density at radius 1 is 0.939 bits per heavy atom. The fourth-order valence-corrected chi connectivity index (χ4v) is 5.34. The molecule has 4 aliphatic rings. The topological polar surface area (TPSA) is 88.2 Å². The number of fused-ring (bicyclic) bond motifs is 3. The van der Waals surface area contributed by atoms with Crippen LogP contribution < -0.4 is 14.8 Å². The van der Waals surface area contributed by atoms with Gasteiger partial charge < -0.3 is 24.6 Å². The second kappa shape index (κ2) is 7.79. The molecule has 1 saturated heterocycles. The van der Waals surface area contributed by atoms with Gasteiger partial charge >= 0.3 is 0 Å². The number of nitrogens with zero attached hydrogens (tertiary/aromatic N) is 2. The van der Waals surface area contributed by atoms with E-state index in [-0.39, 0.29) is 37.0 Å². The molecule has 1 N–H and O–H groups in total. The third kappa shape index (κ3) is 3.41. The van der Waals surface area contributed by atoms with Crippen LogP contribution in [-0.2, 0) is 9.59 Å². The number of rotatable bonds is 2. The molecule has 33 heavy (non-hydrogen) atoms. The Labute approximate surface area is 191 Å². The van der Waals surface area contributed by atoms with Gasteiger partial charge in [0.15, 0.2) is 11.5 Å². The summed E-state index contributed by atoms with van der Waals surface area (Å²) < 4.78 is 10.9. The Balaban J connectivity index is 1.28. The minimum absolute atomic E-state index is 0.0579. The molecule has 0 bridgehead atoms. The van der Waals surface area contributed by atoms with Crippen molar-refractivity contribution < 1.29 is 23.9 Å². The van der Waals surface area contributed by atoms with E-state index < -0.39 is 6.04 Å². The summed E-state index contributed by atoms with van der Waals surface area (Å²) >= 11 is 0. The third-order valence-electron chi connectivity index (χ3n) is 7.17. The number of piperazine rings is 1. The largest absolute Gasteiger partial charge is 0.454 e. The van der Waals surface area contributed by atoms with Crippen molar-refractivity contribution in [2.45, 2.75) is 31.7 Å². The highest BCUT2D eigenvalue weighted by Crippen LogP contribution is 2.37. The maximum absolute atomic E-state index is 13.5. The van der Waals surface area contributed by atoms with E-state index in [1.807, 2.05) is 30.3 Å². The minimum atomic E-state index is -0.682. The Morgan fingerprint density at radius 3 is 2.55 bits per heavy atom. The zero-order chi connectivity index (χ0) is 22.5. The predicted molar refractivity (Wildman–Crippen MR) is 120 cm³/mol. The van der Waals surface area contributed by atoms with Crippen LogP contribution in [-0.4, -0.2) is 60.0 Å². The standard InChI is InChI=1S/C25H25N3O5/c29-23-20-13-27(24(30)15-3-1-2-4-15)9-10-28(20)25(31)18-11-16(5-7-19(18)26-23)17-6-8-21-22(12-17)33-14-32-21/h5-8,11-12,15,20H,1-4,9-10,13-14H2,(H,26,29). The minimum Gasteiger partial charge on any atom is -0.454 e. The lowest BCUT2D eigenvalue weighted by molar-refractivity contribution is -0.139. The number of carbonyl (C=O) groups is 3. The highest BCUT2D eigenvalue weighted by Gasteiger charge is 2.41. The highest BCUT2D eigenvalue weighted by atomic mass is 16.7. The van der Waals surface area contributed by atoms with Crippen molar-refractivity contribution >= 4 is 23.4 Å². The highest BCUT2D eigenvalue weighted by molar-refractivity contribution is 6.10. The number of carbonyl (C=O) groups excluding carboxylic acids is 3. The molecule has 6 rings (SSSR count). The zero-order valence-corrected chi connectivity index (χ0v) is 18.2. The van der Waals surface area contributed by atoms with Gasteiger partial charge in [-0.15, -0.1) is 0 Å². The van der Waals surface area contributed by atoms with Crippen LogP contribution in [0.4, 0.5) is 5.69 Å². The lowest BCUT2D eigenvalue weighted by Gasteiger charge is -2.40. The molecule has 1 saturated carbocycles. The third-order valence-corrected chi connectivity index (χ3v) is 7.17. The quantitative estimate of drug-likeness (QED) is 0.765. The fraction of sp³-hybridized carbons (Fsp3) is 0.400. The molecule has 3 heterocycles. The van der Waals surface area contributed by atoms with E-state index in [1.54, 1.807) is 15.9 Å². The molecule has 170 valence electrons. The Hall–Kier alpha value is -3.55. The van der Waals surface area contributed by atoms with E-state index in [0.29, 0.717) is 35.8 Å². The normalized spacial score (nSPS) is 22.0. The first-order valence-corrected chi connectivity index (χ1v) is 11.5. The molecule has 1 aliphatic carbocycles. The summed E-state index contributed by atoms with van der Waals surface area (Å²) in [6.45, 7) is 1.26. The first-order chi connectivity index (χ1) is 16.1. The molecule has 8 nitrogen and oxygen atoms in total. The second-order valence-corrected chi connectivity index (χ2v) is 9.10. The molecular formula is C25H25N3O5. The van der Waals surface area contributed by atoms with Crippen LogP contribution in [0.5, 0.6) is 11.5 Å². The van der Waals surface area contributed by atoms with Crippen molar-refractivity contribution in [3.05, 3.63) is 42.0 Å². The number of benzene rings is 2. The van der Waals surface area contributed by atoms with Gasteiger partial charge in [0.25, 0.3) is 5.91 Å². The van der Waals surface area contributed by atoms with E-state index >= 15 is 0 Å². The van der Waals surface area contributed by atoms with Gasteiger partial charge in [-0.05, 0) is 48.2 Å². The molecule has 3 amide bonds. The lowest BCUT2D eigenvalue weighted by atomic mass is 10.0. The van der Waals surface area contributed by atoms with Crippen molar-refractivity contribution in [2.24, 2.45) is 5.92 Å². The number of hydrogen-bond acceptors (Lipinski definition) is 5. The van der Waals surface area contributed by atoms with Gasteiger partial charge in [0, 0.05) is 19.0 Å². The Kier molecular flexibility index (Phi) is 4.74. The first-order valence-electron chi connectivity index (χ1n) is 11.5. The van der Waals surface area contributed by atoms with E-state index in [1.165, 1.54) is 0 Å². The van der Waals surface area contributed by atoms with Crippen LogP contribution in [0.2, 0.25) is 0 Å². The van der Waals surface area contributed by atoms with Gasteiger partial charge in [0.05, 0.1) is 17.8 Å². The average molecular weight is 447 g/mol. The van der Waals surface area contributed by atoms with Crippen LogP contribution in [0.25, 0.3) is 11.1 Å². The van der Waals surface area contributed by atoms with Crippen LogP contribution in [0.1, 0.15) is 36.0 Å². The summed E-state index contributed by atoms with van der Waals surface area (Å²) in [4.78, 5) is 42.9. The number of amides is 3. The monoisotopic (exact) mass is 447 g/mol. The molecule has 0 spiro atoms. The van der Waals surface area contributed by atoms with Crippen molar-refractivity contribution in [1.29, 1.82) is 0 Å². The van der Waals surface area contributed by atoms with Crippen LogP contribution in [0.3, 0.4) is 0 Å². The molecule has 0 radical (unpaired) electrons. The molecule has 2 aromatic carbocycles. The average Bonchev–Trinajstić information content (AvgIpc) is 3.53. The van der Waals surface area contributed by atoms with Gasteiger partial charge in [-0.3, -0.25) is 14.4 Å². The van der Waals surface area contributed by atoms with Crippen molar-refractivity contribution in [3.8, 4) is 22.6 Å². The van der Waals surface area contributed by atoms with E-state index in [0.717, 1.165) is 36.8 Å². The fourth-order valence-electron chi connectivity index (χ4n) is 5.34. The van der Waals surface area contributed by atoms with Gasteiger partial charge in [0.1, 0.15) is 6.04 Å². The molecule has 0 aromatic heterocycles. The molecule has 3 aliphatic heterocycles. The van der Waals surface area contributed by atoms with Gasteiger partial charge in [-0.2, -0.15) is 0 Å². The Morgan fingerprint density at radius 2 is 1.70 bits per heavy atom. The predicted octanol–water partition coefficient (Wildman–Crippen LogP) is 2.88. The van der Waals surface area contributed by atoms with Crippen LogP contribution in [0.15, 0.2) is 36.4 Å². The number of ether oxygens (including phenoxy) is 2. The summed E-state index contributed by atoms with van der Waals surface area (Å²) in [6.07, 6.45) is 4.01. The number of hydrogen-bond donors (Lipinski definition) is 1. The van der Waals surface area contributed by atoms with E-state index in [9.17, 15) is 14.4 Å². The van der Waals surface area contributed by atoms with Gasteiger partial charge in [-0.1, -0.05) is 25.0 Å². The first kappa shape index (κ1) is 20.1. The molecule has 2 aromatic rings. The number of nitrogens with one attached hydrogen (secondary N) is 1. The van der Waals surface area contributed by atoms with E-state index in [2.05, 4.69) is 5.32 Å². The lowest BCUT2D eigenvalue weighted by Crippen LogP contribution is -2.60. The number of anilines is 1. The molecule has 1 atom stereocenters. The maximum Gasteiger partial charge on any atom is 0.256 e. The summed E-state index contributed by atoms with van der Waals surface area (Å²) in [6, 6.07) is 10.4. The molecule has 8 heteroatoms. The van der Waals surface area contributed by atoms with E-state index in [4.69, 9.17) is 9.47 Å². The van der Waals surface area contributed by atoms with Crippen LogP contribution in [0, 0.1) is 5.92 Å². The van der Waals surface area contributed by atoms with Crippen molar-refractivity contribution in [2.75, 3.05) is 31.7 Å². The van der Waals surface area contributed by atoms with Crippen molar-refractivity contribution in [1.82, 2.24) is 9.80 Å². The van der Waals surface area contributed by atoms with Gasteiger partial charge in [0.2, 0.25) is 18.6 Å². The Bertz CT molecular complexity index is 1160. The second-order valence-electron chi connectivity index (χ2n) is 9.10. The molecule has 1 unspecified atom stereocenters. The van der Waals surface area contributed by atoms with Gasteiger partial charge in [-0.25, -0.2) is 0 Å². The summed E-state index contributed by atoms with van der Waals surface area (Å²) in [5, 5.41) is 2.92. The summed E-state index contributed by atoms with van der Waals surface area (Å²) in [7, 11) is 0. The summed E-state index contributed by atoms with van der Waals surface area (Å²) in [5.74, 6) is 1.11. The molecular weight excluding hydrogens is 422 g/mol.